The van der Waals surface area contributed by atoms with E-state index < -0.39 is 0 Å². The topological polar surface area (TPSA) is 35.6 Å². The largest absolute Gasteiger partial charge is 0.309 e. The Labute approximate surface area is 240 Å². The molecule has 0 atom stereocenters. The molecule has 1 aliphatic rings. The minimum absolute atomic E-state index is 0.919. The fraction of sp³-hybridized carbons (Fsp3) is 0. The standard InChI is InChI=1S/C38H22N4/c1-4-13-32-24(8-1)25-9-2-5-14-33(25)41(32)23-16-18-35-30(22-23)26-10-3-6-15-34(26)42(35)36-19-17-28-27-20-21-39-31-12-7-11-29(37(27)31)38(28)40-36/h1-22H. The van der Waals surface area contributed by atoms with Crippen molar-refractivity contribution in [2.45, 2.75) is 0 Å². The van der Waals surface area contributed by atoms with E-state index in [-0.39, 0.29) is 0 Å². The van der Waals surface area contributed by atoms with E-state index in [1.807, 2.05) is 6.20 Å². The van der Waals surface area contributed by atoms with Gasteiger partial charge in [-0.05, 0) is 66.2 Å². The minimum atomic E-state index is 0.919. The second-order valence-electron chi connectivity index (χ2n) is 11.0. The summed E-state index contributed by atoms with van der Waals surface area (Å²) in [5.74, 6) is 0.919. The fourth-order valence-corrected chi connectivity index (χ4v) is 7.17. The van der Waals surface area contributed by atoms with Gasteiger partial charge in [-0.15, -0.1) is 0 Å². The van der Waals surface area contributed by atoms with Crippen LogP contribution in [0, 0.1) is 0 Å². The Hall–Kier alpha value is -5.74. The number of aromatic nitrogens is 4. The zero-order valence-corrected chi connectivity index (χ0v) is 22.5. The molecule has 194 valence electrons. The van der Waals surface area contributed by atoms with Crippen LogP contribution in [0.1, 0.15) is 0 Å². The predicted molar refractivity (Wildman–Crippen MR) is 173 cm³/mol. The number of fused-ring (bicyclic) bond motifs is 9. The van der Waals surface area contributed by atoms with E-state index in [2.05, 4.69) is 142 Å². The van der Waals surface area contributed by atoms with E-state index in [0.717, 1.165) is 39.3 Å². The van der Waals surface area contributed by atoms with Gasteiger partial charge < -0.3 is 4.57 Å². The molecule has 0 saturated heterocycles. The maximum absolute atomic E-state index is 5.32. The van der Waals surface area contributed by atoms with E-state index in [1.54, 1.807) is 0 Å². The molecular formula is C38H22N4. The molecular weight excluding hydrogens is 512 g/mol. The van der Waals surface area contributed by atoms with Gasteiger partial charge in [-0.3, -0.25) is 9.55 Å². The van der Waals surface area contributed by atoms with Crippen molar-refractivity contribution in [3.63, 3.8) is 0 Å². The Bertz CT molecular complexity index is 2530. The third kappa shape index (κ3) is 2.76. The third-order valence-electron chi connectivity index (χ3n) is 8.92. The van der Waals surface area contributed by atoms with E-state index >= 15 is 0 Å². The van der Waals surface area contributed by atoms with E-state index in [9.17, 15) is 0 Å². The second kappa shape index (κ2) is 7.93. The number of hydrogen-bond acceptors (Lipinski definition) is 2. The van der Waals surface area contributed by atoms with Gasteiger partial charge in [0, 0.05) is 49.9 Å². The quantitative estimate of drug-likeness (QED) is 0.221. The number of benzene rings is 5. The van der Waals surface area contributed by atoms with Crippen LogP contribution >= 0.6 is 0 Å². The van der Waals surface area contributed by atoms with Crippen molar-refractivity contribution in [3.05, 3.63) is 134 Å². The van der Waals surface area contributed by atoms with Crippen molar-refractivity contribution >= 4 is 54.5 Å². The molecule has 0 radical (unpaired) electrons. The third-order valence-corrected chi connectivity index (χ3v) is 8.92. The average molecular weight is 535 g/mol. The number of rotatable bonds is 2. The van der Waals surface area contributed by atoms with E-state index in [1.165, 1.54) is 49.1 Å². The Morgan fingerprint density at radius 2 is 1.12 bits per heavy atom. The van der Waals surface area contributed by atoms with Gasteiger partial charge >= 0.3 is 0 Å². The first-order valence-corrected chi connectivity index (χ1v) is 14.3. The molecule has 0 fully saturated rings. The van der Waals surface area contributed by atoms with Crippen LogP contribution in [0.25, 0.3) is 88.4 Å². The lowest BCUT2D eigenvalue weighted by Crippen LogP contribution is -1.99. The number of nitrogens with zero attached hydrogens (tertiary/aromatic N) is 4. The lowest BCUT2D eigenvalue weighted by Gasteiger charge is -2.11. The van der Waals surface area contributed by atoms with Gasteiger partial charge in [-0.2, -0.15) is 0 Å². The van der Waals surface area contributed by atoms with Crippen LogP contribution in [-0.4, -0.2) is 19.1 Å². The van der Waals surface area contributed by atoms with Gasteiger partial charge in [0.2, 0.25) is 0 Å². The molecule has 5 aromatic carbocycles. The summed E-state index contributed by atoms with van der Waals surface area (Å²) < 4.78 is 4.69. The molecule has 10 rings (SSSR count). The molecule has 0 bridgehead atoms. The maximum atomic E-state index is 5.32. The van der Waals surface area contributed by atoms with Crippen LogP contribution in [0.4, 0.5) is 0 Å². The number of pyridine rings is 2. The highest BCUT2D eigenvalue weighted by Crippen LogP contribution is 2.46. The first-order valence-electron chi connectivity index (χ1n) is 14.3. The number of hydrogen-bond donors (Lipinski definition) is 0. The van der Waals surface area contributed by atoms with Crippen molar-refractivity contribution in [1.82, 2.24) is 19.1 Å². The van der Waals surface area contributed by atoms with Crippen LogP contribution in [0.15, 0.2) is 134 Å². The predicted octanol–water partition coefficient (Wildman–Crippen LogP) is 9.47. The summed E-state index contributed by atoms with van der Waals surface area (Å²) in [6.07, 6.45) is 1.90. The van der Waals surface area contributed by atoms with Gasteiger partial charge in [0.15, 0.2) is 0 Å². The Morgan fingerprint density at radius 1 is 0.452 bits per heavy atom. The zero-order chi connectivity index (χ0) is 27.4. The van der Waals surface area contributed by atoms with E-state index in [0.29, 0.717) is 0 Å². The SMILES string of the molecule is c1cc2c3c(ccnc3c1)-c1ccc(-n3c4ccccc4c4cc(-n5c6ccccc6c6ccccc65)ccc43)nc1-2. The van der Waals surface area contributed by atoms with Gasteiger partial charge in [0.1, 0.15) is 5.82 Å². The lowest BCUT2D eigenvalue weighted by molar-refractivity contribution is 1.09. The van der Waals surface area contributed by atoms with Crippen molar-refractivity contribution in [1.29, 1.82) is 0 Å². The fourth-order valence-electron chi connectivity index (χ4n) is 7.17. The molecule has 4 heteroatoms. The molecule has 0 unspecified atom stereocenters. The Kier molecular flexibility index (Phi) is 4.15. The highest BCUT2D eigenvalue weighted by Gasteiger charge is 2.24. The lowest BCUT2D eigenvalue weighted by atomic mass is 10.1. The maximum Gasteiger partial charge on any atom is 0.138 e. The van der Waals surface area contributed by atoms with Crippen LogP contribution < -0.4 is 0 Å². The van der Waals surface area contributed by atoms with Gasteiger partial charge in [0.25, 0.3) is 0 Å². The molecule has 0 spiro atoms. The first kappa shape index (κ1) is 22.0. The smallest absolute Gasteiger partial charge is 0.138 e. The van der Waals surface area contributed by atoms with Gasteiger partial charge in [-0.1, -0.05) is 66.7 Å². The van der Waals surface area contributed by atoms with Gasteiger partial charge in [0.05, 0.1) is 33.3 Å². The van der Waals surface area contributed by atoms with Crippen molar-refractivity contribution in [2.24, 2.45) is 0 Å². The molecule has 0 amide bonds. The van der Waals surface area contributed by atoms with Crippen LogP contribution in [0.2, 0.25) is 0 Å². The molecule has 1 aliphatic carbocycles. The zero-order valence-electron chi connectivity index (χ0n) is 22.5. The molecule has 4 heterocycles. The summed E-state index contributed by atoms with van der Waals surface area (Å²) in [5, 5.41) is 6.15. The Morgan fingerprint density at radius 3 is 1.88 bits per heavy atom. The van der Waals surface area contributed by atoms with Crippen molar-refractivity contribution < 1.29 is 0 Å². The van der Waals surface area contributed by atoms with Crippen LogP contribution in [-0.2, 0) is 0 Å². The molecule has 42 heavy (non-hydrogen) atoms. The van der Waals surface area contributed by atoms with Gasteiger partial charge in [-0.25, -0.2) is 4.98 Å². The molecule has 4 nitrogen and oxygen atoms in total. The molecule has 9 aromatic rings. The van der Waals surface area contributed by atoms with Crippen molar-refractivity contribution in [2.75, 3.05) is 0 Å². The van der Waals surface area contributed by atoms with E-state index in [4.69, 9.17) is 4.98 Å². The minimum Gasteiger partial charge on any atom is -0.309 e. The summed E-state index contributed by atoms with van der Waals surface area (Å²) in [7, 11) is 0. The molecule has 4 aromatic heterocycles. The van der Waals surface area contributed by atoms with Crippen molar-refractivity contribution in [3.8, 4) is 33.9 Å². The summed E-state index contributed by atoms with van der Waals surface area (Å²) in [6, 6.07) is 45.6. The first-order chi connectivity index (χ1) is 20.8. The highest BCUT2D eigenvalue weighted by molar-refractivity contribution is 6.14. The Balaban J connectivity index is 1.24. The average Bonchev–Trinajstić information content (AvgIpc) is 3.68. The van der Waals surface area contributed by atoms with Crippen LogP contribution in [0.5, 0.6) is 0 Å². The monoisotopic (exact) mass is 534 g/mol. The molecule has 0 N–H and O–H groups in total. The summed E-state index contributed by atoms with van der Waals surface area (Å²) in [4.78, 5) is 9.93. The second-order valence-corrected chi connectivity index (χ2v) is 11.0. The normalized spacial score (nSPS) is 12.3. The summed E-state index contributed by atoms with van der Waals surface area (Å²) in [6.45, 7) is 0. The molecule has 0 aliphatic heterocycles. The molecule has 0 saturated carbocycles. The highest BCUT2D eigenvalue weighted by atomic mass is 15.1. The van der Waals surface area contributed by atoms with Crippen LogP contribution in [0.3, 0.4) is 0 Å². The number of para-hydroxylation sites is 3. The summed E-state index contributed by atoms with van der Waals surface area (Å²) >= 11 is 0. The summed E-state index contributed by atoms with van der Waals surface area (Å²) in [5.41, 5.74) is 11.4.